The lowest BCUT2D eigenvalue weighted by Crippen LogP contribution is -2.32. The van der Waals surface area contributed by atoms with E-state index in [1.807, 2.05) is 6.92 Å². The van der Waals surface area contributed by atoms with Gasteiger partial charge < -0.3 is 14.9 Å². The maximum Gasteiger partial charge on any atom is 0.244 e. The van der Waals surface area contributed by atoms with Crippen LogP contribution in [0.25, 0.3) is 0 Å². The first kappa shape index (κ1) is 15.2. The van der Waals surface area contributed by atoms with E-state index in [9.17, 15) is 8.42 Å². The van der Waals surface area contributed by atoms with Crippen LogP contribution in [0.15, 0.2) is 15.4 Å². The minimum absolute atomic E-state index is 0.131. The molecule has 0 saturated carbocycles. The van der Waals surface area contributed by atoms with Gasteiger partial charge >= 0.3 is 0 Å². The lowest BCUT2D eigenvalue weighted by atomic mass is 10.4. The normalized spacial score (nSPS) is 13.8. The fourth-order valence-electron chi connectivity index (χ4n) is 1.54. The monoisotopic (exact) mass is 276 g/mol. The summed E-state index contributed by atoms with van der Waals surface area (Å²) in [7, 11) is -3.57. The number of nitrogens with two attached hydrogens (primary N) is 1. The summed E-state index contributed by atoms with van der Waals surface area (Å²) in [6.45, 7) is 6.20. The maximum atomic E-state index is 12.0. The summed E-state index contributed by atoms with van der Waals surface area (Å²) in [6, 6.07) is 1.45. The van der Waals surface area contributed by atoms with Crippen LogP contribution in [0.4, 0.5) is 0 Å². The zero-order chi connectivity index (χ0) is 13.8. The molecule has 1 aromatic heterocycles. The number of furan rings is 1. The molecule has 3 N–H and O–H groups in total. The molecule has 0 aliphatic rings. The fourth-order valence-corrected chi connectivity index (χ4v) is 2.86. The van der Waals surface area contributed by atoms with Crippen LogP contribution in [0, 0.1) is 6.92 Å². The molecule has 0 aliphatic carbocycles. The molecule has 6 nitrogen and oxygen atoms in total. The topological polar surface area (TPSA) is 94.6 Å². The van der Waals surface area contributed by atoms with E-state index in [1.165, 1.54) is 6.07 Å². The molecule has 0 amide bonds. The minimum atomic E-state index is -3.57. The first-order chi connectivity index (χ1) is 8.40. The van der Waals surface area contributed by atoms with Gasteiger partial charge in [0.2, 0.25) is 10.0 Å². The summed E-state index contributed by atoms with van der Waals surface area (Å²) in [5.74, 6) is 0.790. The van der Waals surface area contributed by atoms with Gasteiger partial charge in [-0.05, 0) is 20.8 Å². The van der Waals surface area contributed by atoms with E-state index >= 15 is 0 Å². The van der Waals surface area contributed by atoms with Gasteiger partial charge in [0.15, 0.2) is 0 Å². The Morgan fingerprint density at radius 3 is 2.72 bits per heavy atom. The van der Waals surface area contributed by atoms with Crippen LogP contribution < -0.4 is 10.5 Å². The van der Waals surface area contributed by atoms with Gasteiger partial charge in [-0.2, -0.15) is 0 Å². The number of hydrogen-bond donors (Lipinski definition) is 2. The van der Waals surface area contributed by atoms with Gasteiger partial charge in [0.1, 0.15) is 16.4 Å². The average molecular weight is 276 g/mol. The Balaban J connectivity index is 2.76. The molecular formula is C11H20N2O4S. The third-order valence-electron chi connectivity index (χ3n) is 2.43. The van der Waals surface area contributed by atoms with E-state index in [2.05, 4.69) is 4.72 Å². The molecule has 1 unspecified atom stereocenters. The molecule has 1 aromatic rings. The molecule has 0 aromatic carbocycles. The molecule has 0 fully saturated rings. The van der Waals surface area contributed by atoms with E-state index < -0.39 is 10.0 Å². The molecule has 0 bridgehead atoms. The van der Waals surface area contributed by atoms with Crippen molar-refractivity contribution < 1.29 is 17.6 Å². The largest absolute Gasteiger partial charge is 0.464 e. The van der Waals surface area contributed by atoms with Crippen molar-refractivity contribution in [1.82, 2.24) is 4.72 Å². The predicted molar refractivity (Wildman–Crippen MR) is 67.6 cm³/mol. The maximum absolute atomic E-state index is 12.0. The summed E-state index contributed by atoms with van der Waals surface area (Å²) < 4.78 is 37.0. The summed E-state index contributed by atoms with van der Waals surface area (Å²) in [6.07, 6.45) is -0.175. The van der Waals surface area contributed by atoms with Crippen molar-refractivity contribution in [2.24, 2.45) is 5.73 Å². The highest BCUT2D eigenvalue weighted by atomic mass is 32.2. The lowest BCUT2D eigenvalue weighted by Gasteiger charge is -2.12. The second kappa shape index (κ2) is 6.33. The molecule has 0 saturated heterocycles. The van der Waals surface area contributed by atoms with E-state index in [0.717, 1.165) is 0 Å². The lowest BCUT2D eigenvalue weighted by molar-refractivity contribution is 0.0799. The van der Waals surface area contributed by atoms with Gasteiger partial charge in [0, 0.05) is 19.2 Å². The number of aryl methyl sites for hydroxylation is 1. The highest BCUT2D eigenvalue weighted by Crippen LogP contribution is 2.19. The summed E-state index contributed by atoms with van der Waals surface area (Å²) in [4.78, 5) is 0.131. The smallest absolute Gasteiger partial charge is 0.244 e. The number of rotatable bonds is 7. The summed E-state index contributed by atoms with van der Waals surface area (Å²) in [5, 5.41) is 0. The SMILES string of the molecule is CCOC(C)CNS(=O)(=O)c1cc(CN)oc1C. The zero-order valence-corrected chi connectivity index (χ0v) is 11.7. The predicted octanol–water partition coefficient (Wildman–Crippen LogP) is 0.750. The first-order valence-corrected chi connectivity index (χ1v) is 7.29. The molecular weight excluding hydrogens is 256 g/mol. The van der Waals surface area contributed by atoms with Crippen molar-refractivity contribution in [3.8, 4) is 0 Å². The van der Waals surface area contributed by atoms with Gasteiger partial charge in [-0.25, -0.2) is 13.1 Å². The Morgan fingerprint density at radius 1 is 1.56 bits per heavy atom. The number of nitrogens with one attached hydrogen (secondary N) is 1. The number of ether oxygens (including phenoxy) is 1. The van der Waals surface area contributed by atoms with E-state index in [-0.39, 0.29) is 24.1 Å². The second-order valence-electron chi connectivity index (χ2n) is 3.96. The Labute approximate surface area is 108 Å². The van der Waals surface area contributed by atoms with Gasteiger partial charge in [0.05, 0.1) is 12.6 Å². The third-order valence-corrected chi connectivity index (χ3v) is 3.96. The van der Waals surface area contributed by atoms with Crippen molar-refractivity contribution in [3.05, 3.63) is 17.6 Å². The standard InChI is InChI=1S/C11H20N2O4S/c1-4-16-8(2)7-13-18(14,15)11-5-10(6-12)17-9(11)3/h5,8,13H,4,6-7,12H2,1-3H3. The minimum Gasteiger partial charge on any atom is -0.464 e. The highest BCUT2D eigenvalue weighted by Gasteiger charge is 2.21. The van der Waals surface area contributed by atoms with Gasteiger partial charge in [-0.3, -0.25) is 0 Å². The fraction of sp³-hybridized carbons (Fsp3) is 0.636. The molecule has 1 heterocycles. The Bertz CT molecular complexity index is 481. The van der Waals surface area contributed by atoms with Crippen molar-refractivity contribution in [1.29, 1.82) is 0 Å². The molecule has 0 spiro atoms. The second-order valence-corrected chi connectivity index (χ2v) is 5.69. The highest BCUT2D eigenvalue weighted by molar-refractivity contribution is 7.89. The molecule has 7 heteroatoms. The quantitative estimate of drug-likeness (QED) is 0.766. The van der Waals surface area contributed by atoms with Gasteiger partial charge in [-0.1, -0.05) is 0 Å². The van der Waals surface area contributed by atoms with Gasteiger partial charge in [-0.15, -0.1) is 0 Å². The molecule has 1 atom stereocenters. The van der Waals surface area contributed by atoms with Crippen LogP contribution in [0.5, 0.6) is 0 Å². The van der Waals surface area contributed by atoms with Crippen molar-refractivity contribution in [2.45, 2.75) is 38.3 Å². The zero-order valence-electron chi connectivity index (χ0n) is 10.9. The van der Waals surface area contributed by atoms with Crippen LogP contribution in [-0.2, 0) is 21.3 Å². The molecule has 0 radical (unpaired) electrons. The molecule has 0 aliphatic heterocycles. The first-order valence-electron chi connectivity index (χ1n) is 5.81. The van der Waals surface area contributed by atoms with E-state index in [4.69, 9.17) is 14.9 Å². The molecule has 104 valence electrons. The average Bonchev–Trinajstić information content (AvgIpc) is 2.69. The Kier molecular flexibility index (Phi) is 5.33. The number of sulfonamides is 1. The third kappa shape index (κ3) is 3.81. The van der Waals surface area contributed by atoms with Crippen LogP contribution in [0.2, 0.25) is 0 Å². The molecule has 18 heavy (non-hydrogen) atoms. The van der Waals surface area contributed by atoms with Crippen LogP contribution >= 0.6 is 0 Å². The summed E-state index contributed by atoms with van der Waals surface area (Å²) in [5.41, 5.74) is 5.41. The van der Waals surface area contributed by atoms with Crippen molar-refractivity contribution in [2.75, 3.05) is 13.2 Å². The van der Waals surface area contributed by atoms with E-state index in [0.29, 0.717) is 18.1 Å². The Morgan fingerprint density at radius 2 is 2.22 bits per heavy atom. The Hall–Kier alpha value is -0.890. The van der Waals surface area contributed by atoms with Crippen molar-refractivity contribution in [3.63, 3.8) is 0 Å². The molecule has 1 rings (SSSR count). The summed E-state index contributed by atoms with van der Waals surface area (Å²) >= 11 is 0. The van der Waals surface area contributed by atoms with Crippen LogP contribution in [-0.4, -0.2) is 27.7 Å². The van der Waals surface area contributed by atoms with Crippen LogP contribution in [0.3, 0.4) is 0 Å². The number of hydrogen-bond acceptors (Lipinski definition) is 5. The van der Waals surface area contributed by atoms with E-state index in [1.54, 1.807) is 13.8 Å². The van der Waals surface area contributed by atoms with Crippen LogP contribution in [0.1, 0.15) is 25.4 Å². The van der Waals surface area contributed by atoms with Gasteiger partial charge in [0.25, 0.3) is 0 Å². The van der Waals surface area contributed by atoms with Crippen molar-refractivity contribution >= 4 is 10.0 Å².